The number of anilines is 1. The molecule has 0 aliphatic rings. The average molecular weight is 337 g/mol. The normalized spacial score (nSPS) is 12.5. The molecule has 2 aromatic rings. The molecule has 1 heterocycles. The highest BCUT2D eigenvalue weighted by atomic mass is 32.2. The Morgan fingerprint density at radius 2 is 1.91 bits per heavy atom. The Labute approximate surface area is 123 Å². The van der Waals surface area contributed by atoms with Crippen molar-refractivity contribution in [2.75, 3.05) is 4.72 Å². The molecule has 0 saturated carbocycles. The SMILES string of the molecule is Cc1nn(C)cc1S(=O)(=O)Nc1ccc(F)c(C(F)(F)F)c1. The van der Waals surface area contributed by atoms with Crippen LogP contribution in [0, 0.1) is 12.7 Å². The summed E-state index contributed by atoms with van der Waals surface area (Å²) in [5, 5.41) is 3.85. The van der Waals surface area contributed by atoms with Gasteiger partial charge in [0.05, 0.1) is 11.3 Å². The molecular weight excluding hydrogens is 326 g/mol. The molecular formula is C12H11F4N3O2S. The number of rotatable bonds is 3. The van der Waals surface area contributed by atoms with Crippen molar-refractivity contribution in [3.8, 4) is 0 Å². The molecule has 0 aliphatic heterocycles. The molecule has 120 valence electrons. The summed E-state index contributed by atoms with van der Waals surface area (Å²) in [6, 6.07) is 1.86. The van der Waals surface area contributed by atoms with Gasteiger partial charge >= 0.3 is 6.18 Å². The summed E-state index contributed by atoms with van der Waals surface area (Å²) in [5.74, 6) is -1.48. The monoisotopic (exact) mass is 337 g/mol. The predicted molar refractivity (Wildman–Crippen MR) is 70.2 cm³/mol. The summed E-state index contributed by atoms with van der Waals surface area (Å²) in [6.45, 7) is 1.44. The first-order valence-corrected chi connectivity index (χ1v) is 7.39. The fourth-order valence-electron chi connectivity index (χ4n) is 1.86. The standard InChI is InChI=1S/C12H11F4N3O2S/c1-7-11(6-19(2)17-7)22(20,21)18-8-3-4-10(13)9(5-8)12(14,15)16/h3-6,18H,1-2H3. The highest BCUT2D eigenvalue weighted by Crippen LogP contribution is 2.33. The third kappa shape index (κ3) is 3.21. The van der Waals surface area contributed by atoms with Crippen LogP contribution in [0.15, 0.2) is 29.3 Å². The number of nitrogens with zero attached hydrogens (tertiary/aromatic N) is 2. The van der Waals surface area contributed by atoms with Crippen molar-refractivity contribution in [2.24, 2.45) is 7.05 Å². The topological polar surface area (TPSA) is 64.0 Å². The minimum Gasteiger partial charge on any atom is -0.280 e. The van der Waals surface area contributed by atoms with Crippen molar-refractivity contribution in [1.82, 2.24) is 9.78 Å². The Kier molecular flexibility index (Phi) is 3.90. The molecule has 2 rings (SSSR count). The number of hydrogen-bond donors (Lipinski definition) is 1. The summed E-state index contributed by atoms with van der Waals surface area (Å²) in [4.78, 5) is -0.173. The van der Waals surface area contributed by atoms with Crippen LogP contribution in [0.1, 0.15) is 11.3 Å². The van der Waals surface area contributed by atoms with Crippen LogP contribution >= 0.6 is 0 Å². The van der Waals surface area contributed by atoms with E-state index in [1.807, 2.05) is 4.72 Å². The molecule has 5 nitrogen and oxygen atoms in total. The fraction of sp³-hybridized carbons (Fsp3) is 0.250. The van der Waals surface area contributed by atoms with E-state index in [0.717, 1.165) is 6.07 Å². The molecule has 10 heteroatoms. The van der Waals surface area contributed by atoms with Gasteiger partial charge in [0.2, 0.25) is 0 Å². The van der Waals surface area contributed by atoms with E-state index in [4.69, 9.17) is 0 Å². The first-order valence-electron chi connectivity index (χ1n) is 5.90. The second kappa shape index (κ2) is 5.27. The maximum Gasteiger partial charge on any atom is 0.419 e. The smallest absolute Gasteiger partial charge is 0.280 e. The molecule has 0 atom stereocenters. The lowest BCUT2D eigenvalue weighted by atomic mass is 10.2. The van der Waals surface area contributed by atoms with Crippen LogP contribution in [-0.2, 0) is 23.2 Å². The summed E-state index contributed by atoms with van der Waals surface area (Å²) >= 11 is 0. The molecule has 0 unspecified atom stereocenters. The minimum absolute atomic E-state index is 0.173. The molecule has 1 aromatic heterocycles. The van der Waals surface area contributed by atoms with E-state index in [1.165, 1.54) is 24.9 Å². The largest absolute Gasteiger partial charge is 0.419 e. The van der Waals surface area contributed by atoms with Crippen molar-refractivity contribution in [3.63, 3.8) is 0 Å². The van der Waals surface area contributed by atoms with Crippen molar-refractivity contribution in [1.29, 1.82) is 0 Å². The predicted octanol–water partition coefficient (Wildman–Crippen LogP) is 2.69. The minimum atomic E-state index is -4.92. The number of nitrogens with one attached hydrogen (secondary N) is 1. The second-order valence-corrected chi connectivity index (χ2v) is 6.20. The number of benzene rings is 1. The molecule has 0 spiro atoms. The van der Waals surface area contributed by atoms with Gasteiger partial charge in [0.25, 0.3) is 10.0 Å². The van der Waals surface area contributed by atoms with Gasteiger partial charge in [-0.15, -0.1) is 0 Å². The second-order valence-electron chi connectivity index (χ2n) is 4.55. The van der Waals surface area contributed by atoms with E-state index in [2.05, 4.69) is 5.10 Å². The average Bonchev–Trinajstić information content (AvgIpc) is 2.70. The van der Waals surface area contributed by atoms with E-state index >= 15 is 0 Å². The first-order chi connectivity index (χ1) is 10.0. The van der Waals surface area contributed by atoms with Gasteiger partial charge in [-0.1, -0.05) is 0 Å². The number of aromatic nitrogens is 2. The van der Waals surface area contributed by atoms with Gasteiger partial charge < -0.3 is 0 Å². The number of aryl methyl sites for hydroxylation is 2. The van der Waals surface area contributed by atoms with Crippen LogP contribution in [0.4, 0.5) is 23.2 Å². The molecule has 0 bridgehead atoms. The molecule has 1 N–H and O–H groups in total. The lowest BCUT2D eigenvalue weighted by Crippen LogP contribution is -2.15. The quantitative estimate of drug-likeness (QED) is 0.876. The Bertz CT molecular complexity index is 812. The summed E-state index contributed by atoms with van der Waals surface area (Å²) < 4.78 is 78.6. The molecule has 0 fully saturated rings. The van der Waals surface area contributed by atoms with Gasteiger partial charge in [-0.05, 0) is 25.1 Å². The Hall–Kier alpha value is -2.10. The van der Waals surface area contributed by atoms with Gasteiger partial charge in [-0.3, -0.25) is 9.40 Å². The van der Waals surface area contributed by atoms with Crippen LogP contribution in [0.25, 0.3) is 0 Å². The zero-order valence-corrected chi connectivity index (χ0v) is 12.3. The van der Waals surface area contributed by atoms with E-state index < -0.39 is 33.3 Å². The summed E-state index contributed by atoms with van der Waals surface area (Å²) in [6.07, 6.45) is -3.71. The highest BCUT2D eigenvalue weighted by molar-refractivity contribution is 7.92. The highest BCUT2D eigenvalue weighted by Gasteiger charge is 2.34. The Balaban J connectivity index is 2.41. The van der Waals surface area contributed by atoms with E-state index in [1.54, 1.807) is 0 Å². The third-order valence-corrected chi connectivity index (χ3v) is 4.27. The molecule has 0 saturated heterocycles. The number of alkyl halides is 3. The van der Waals surface area contributed by atoms with Crippen molar-refractivity contribution in [3.05, 3.63) is 41.5 Å². The van der Waals surface area contributed by atoms with Crippen molar-refractivity contribution < 1.29 is 26.0 Å². The molecule has 22 heavy (non-hydrogen) atoms. The van der Waals surface area contributed by atoms with Crippen LogP contribution in [0.3, 0.4) is 0 Å². The Morgan fingerprint density at radius 1 is 1.27 bits per heavy atom. The van der Waals surface area contributed by atoms with Crippen molar-refractivity contribution >= 4 is 15.7 Å². The van der Waals surface area contributed by atoms with Gasteiger partial charge in [0, 0.05) is 18.9 Å². The Morgan fingerprint density at radius 3 is 2.41 bits per heavy atom. The lowest BCUT2D eigenvalue weighted by molar-refractivity contribution is -0.139. The van der Waals surface area contributed by atoms with Crippen LogP contribution in [-0.4, -0.2) is 18.2 Å². The summed E-state index contributed by atoms with van der Waals surface area (Å²) in [5.41, 5.74) is -1.75. The molecule has 0 radical (unpaired) electrons. The third-order valence-electron chi connectivity index (χ3n) is 2.78. The number of sulfonamides is 1. The molecule has 0 aliphatic carbocycles. The number of halogens is 4. The van der Waals surface area contributed by atoms with Crippen molar-refractivity contribution in [2.45, 2.75) is 18.0 Å². The maximum atomic E-state index is 13.2. The zero-order valence-electron chi connectivity index (χ0n) is 11.4. The van der Waals surface area contributed by atoms with Gasteiger partial charge in [-0.2, -0.15) is 18.3 Å². The maximum absolute atomic E-state index is 13.2. The zero-order chi connectivity index (χ0) is 16.7. The fourth-order valence-corrected chi connectivity index (χ4v) is 3.13. The summed E-state index contributed by atoms with van der Waals surface area (Å²) in [7, 11) is -2.62. The van der Waals surface area contributed by atoms with Gasteiger partial charge in [0.15, 0.2) is 0 Å². The molecule has 0 amide bonds. The lowest BCUT2D eigenvalue weighted by Gasteiger charge is -2.11. The first kappa shape index (κ1) is 16.3. The van der Waals surface area contributed by atoms with E-state index in [9.17, 15) is 26.0 Å². The van der Waals surface area contributed by atoms with Crippen LogP contribution < -0.4 is 4.72 Å². The molecule has 1 aromatic carbocycles. The van der Waals surface area contributed by atoms with E-state index in [0.29, 0.717) is 12.1 Å². The van der Waals surface area contributed by atoms with Gasteiger partial charge in [-0.25, -0.2) is 12.8 Å². The van der Waals surface area contributed by atoms with Crippen LogP contribution in [0.2, 0.25) is 0 Å². The van der Waals surface area contributed by atoms with Gasteiger partial charge in [0.1, 0.15) is 10.7 Å². The van der Waals surface area contributed by atoms with E-state index in [-0.39, 0.29) is 10.6 Å². The van der Waals surface area contributed by atoms with Crippen LogP contribution in [0.5, 0.6) is 0 Å². The number of hydrogen-bond acceptors (Lipinski definition) is 3.